The van der Waals surface area contributed by atoms with E-state index in [1.807, 2.05) is 13.8 Å². The lowest BCUT2D eigenvalue weighted by molar-refractivity contribution is 0.406. The van der Waals surface area contributed by atoms with Crippen LogP contribution in [0, 0.1) is 19.7 Å². The number of halogens is 2. The fourth-order valence-corrected chi connectivity index (χ4v) is 3.09. The van der Waals surface area contributed by atoms with Crippen molar-refractivity contribution in [1.82, 2.24) is 4.98 Å². The van der Waals surface area contributed by atoms with Crippen LogP contribution in [0.2, 0.25) is 0 Å². The second-order valence-corrected chi connectivity index (χ2v) is 5.85. The van der Waals surface area contributed by atoms with Crippen molar-refractivity contribution >= 4 is 15.9 Å². The lowest BCUT2D eigenvalue weighted by Crippen LogP contribution is -2.17. The lowest BCUT2D eigenvalue weighted by Gasteiger charge is -2.17. The number of nitrogens with two attached hydrogens (primary N) is 1. The zero-order valence-corrected chi connectivity index (χ0v) is 13.9. The third-order valence-corrected chi connectivity index (χ3v) is 4.23. The molecule has 112 valence electrons. The van der Waals surface area contributed by atoms with Crippen molar-refractivity contribution in [2.75, 3.05) is 7.11 Å². The first-order valence-corrected chi connectivity index (χ1v) is 7.43. The molecular weight excluding hydrogens is 335 g/mol. The highest BCUT2D eigenvalue weighted by molar-refractivity contribution is 9.10. The van der Waals surface area contributed by atoms with Crippen molar-refractivity contribution in [1.29, 1.82) is 0 Å². The predicted octanol–water partition coefficient (Wildman–Crippen LogP) is 3.85. The van der Waals surface area contributed by atoms with Gasteiger partial charge in [0.25, 0.3) is 0 Å². The summed E-state index contributed by atoms with van der Waals surface area (Å²) in [7, 11) is 1.63. The highest BCUT2D eigenvalue weighted by Crippen LogP contribution is 2.30. The van der Waals surface area contributed by atoms with Gasteiger partial charge in [0.05, 0.1) is 7.11 Å². The molecule has 1 unspecified atom stereocenters. The molecule has 5 heteroatoms. The molecule has 0 aliphatic heterocycles. The summed E-state index contributed by atoms with van der Waals surface area (Å²) in [5, 5.41) is 0. The van der Waals surface area contributed by atoms with Crippen LogP contribution in [0.5, 0.6) is 5.75 Å². The Bertz CT molecular complexity index is 641. The zero-order valence-electron chi connectivity index (χ0n) is 12.3. The van der Waals surface area contributed by atoms with Gasteiger partial charge in [0, 0.05) is 45.5 Å². The van der Waals surface area contributed by atoms with Gasteiger partial charge in [-0.3, -0.25) is 4.98 Å². The number of benzene rings is 1. The summed E-state index contributed by atoms with van der Waals surface area (Å²) in [4.78, 5) is 4.41. The Kier molecular flexibility index (Phi) is 4.96. The van der Waals surface area contributed by atoms with Crippen LogP contribution >= 0.6 is 15.9 Å². The summed E-state index contributed by atoms with van der Waals surface area (Å²) in [6, 6.07) is 4.37. The van der Waals surface area contributed by atoms with Crippen molar-refractivity contribution in [3.8, 4) is 5.75 Å². The maximum atomic E-state index is 14.0. The minimum Gasteiger partial charge on any atom is -0.496 e. The number of aryl methyl sites for hydroxylation is 1. The molecule has 1 aromatic carbocycles. The summed E-state index contributed by atoms with van der Waals surface area (Å²) < 4.78 is 20.0. The van der Waals surface area contributed by atoms with Crippen molar-refractivity contribution in [2.24, 2.45) is 5.73 Å². The van der Waals surface area contributed by atoms with Crippen LogP contribution in [0.4, 0.5) is 4.39 Å². The highest BCUT2D eigenvalue weighted by Gasteiger charge is 2.18. The molecule has 0 aliphatic carbocycles. The van der Waals surface area contributed by atoms with E-state index in [0.717, 1.165) is 22.6 Å². The second kappa shape index (κ2) is 6.54. The molecule has 21 heavy (non-hydrogen) atoms. The second-order valence-electron chi connectivity index (χ2n) is 4.99. The maximum absolute atomic E-state index is 14.0. The topological polar surface area (TPSA) is 48.1 Å². The van der Waals surface area contributed by atoms with E-state index in [-0.39, 0.29) is 5.82 Å². The number of aromatic nitrogens is 1. The fourth-order valence-electron chi connectivity index (χ4n) is 2.45. The van der Waals surface area contributed by atoms with Gasteiger partial charge in [-0.05, 0) is 26.0 Å². The number of pyridine rings is 1. The Morgan fingerprint density at radius 1 is 1.38 bits per heavy atom. The van der Waals surface area contributed by atoms with Gasteiger partial charge in [0.1, 0.15) is 11.6 Å². The molecule has 0 radical (unpaired) electrons. The van der Waals surface area contributed by atoms with E-state index in [0.29, 0.717) is 16.5 Å². The Morgan fingerprint density at radius 2 is 2.10 bits per heavy atom. The van der Waals surface area contributed by atoms with E-state index in [9.17, 15) is 4.39 Å². The molecule has 0 saturated carbocycles. The Balaban J connectivity index is 2.34. The number of hydrogen-bond acceptors (Lipinski definition) is 3. The Morgan fingerprint density at radius 3 is 2.71 bits per heavy atom. The largest absolute Gasteiger partial charge is 0.496 e. The van der Waals surface area contributed by atoms with Gasteiger partial charge in [-0.15, -0.1) is 0 Å². The third-order valence-electron chi connectivity index (χ3n) is 3.53. The van der Waals surface area contributed by atoms with Crippen molar-refractivity contribution in [2.45, 2.75) is 26.3 Å². The quantitative estimate of drug-likeness (QED) is 0.908. The van der Waals surface area contributed by atoms with Crippen LogP contribution < -0.4 is 10.5 Å². The number of hydrogen-bond donors (Lipinski definition) is 1. The van der Waals surface area contributed by atoms with Crippen LogP contribution in [0.15, 0.2) is 28.9 Å². The van der Waals surface area contributed by atoms with E-state index in [1.165, 1.54) is 6.07 Å². The molecule has 1 atom stereocenters. The van der Waals surface area contributed by atoms with Gasteiger partial charge < -0.3 is 10.5 Å². The molecule has 2 rings (SSSR count). The van der Waals surface area contributed by atoms with Crippen LogP contribution in [-0.2, 0) is 6.42 Å². The maximum Gasteiger partial charge on any atom is 0.129 e. The van der Waals surface area contributed by atoms with Crippen LogP contribution in [0.1, 0.15) is 28.4 Å². The summed E-state index contributed by atoms with van der Waals surface area (Å²) in [5.41, 5.74) is 9.38. The van der Waals surface area contributed by atoms with Crippen molar-refractivity contribution in [3.05, 3.63) is 57.1 Å². The molecule has 0 amide bonds. The number of nitrogens with zero attached hydrogens (tertiary/aromatic N) is 1. The summed E-state index contributed by atoms with van der Waals surface area (Å²) in [6.07, 6.45) is 2.20. The number of rotatable bonds is 4. The molecule has 3 nitrogen and oxygen atoms in total. The fraction of sp³-hybridized carbons (Fsp3) is 0.312. The van der Waals surface area contributed by atoms with E-state index < -0.39 is 6.04 Å². The molecule has 2 aromatic rings. The van der Waals surface area contributed by atoms with Crippen LogP contribution in [0.25, 0.3) is 0 Å². The smallest absolute Gasteiger partial charge is 0.129 e. The van der Waals surface area contributed by atoms with Gasteiger partial charge in [0.2, 0.25) is 0 Å². The van der Waals surface area contributed by atoms with Crippen molar-refractivity contribution in [3.63, 3.8) is 0 Å². The molecule has 1 heterocycles. The van der Waals surface area contributed by atoms with Gasteiger partial charge in [0.15, 0.2) is 0 Å². The zero-order chi connectivity index (χ0) is 15.6. The van der Waals surface area contributed by atoms with Gasteiger partial charge in [-0.2, -0.15) is 0 Å². The Hall–Kier alpha value is -1.46. The first-order valence-electron chi connectivity index (χ1n) is 6.64. The monoisotopic (exact) mass is 352 g/mol. The Labute approximate surface area is 132 Å². The van der Waals surface area contributed by atoms with E-state index in [2.05, 4.69) is 20.9 Å². The van der Waals surface area contributed by atoms with Gasteiger partial charge in [-0.1, -0.05) is 22.0 Å². The van der Waals surface area contributed by atoms with Crippen molar-refractivity contribution < 1.29 is 9.13 Å². The lowest BCUT2D eigenvalue weighted by atomic mass is 9.99. The van der Waals surface area contributed by atoms with Gasteiger partial charge in [-0.25, -0.2) is 4.39 Å². The molecule has 0 spiro atoms. The first-order chi connectivity index (χ1) is 9.95. The number of ether oxygens (including phenoxy) is 1. The average Bonchev–Trinajstić information content (AvgIpc) is 2.42. The minimum atomic E-state index is -0.473. The normalized spacial score (nSPS) is 12.3. The van der Waals surface area contributed by atoms with Crippen LogP contribution in [0.3, 0.4) is 0 Å². The number of methoxy groups -OCH3 is 1. The standard InChI is InChI=1S/C16H18BrFN2O/c1-9-8-20-14(10(2)16(9)21-3)7-13(19)15-11(17)5-4-6-12(15)18/h4-6,8,13H,7,19H2,1-3H3. The summed E-state index contributed by atoms with van der Waals surface area (Å²) in [6.45, 7) is 3.88. The molecule has 0 bridgehead atoms. The molecular formula is C16H18BrFN2O. The average molecular weight is 353 g/mol. The summed E-state index contributed by atoms with van der Waals surface area (Å²) in [5.74, 6) is 0.494. The molecule has 0 saturated heterocycles. The highest BCUT2D eigenvalue weighted by atomic mass is 79.9. The molecule has 1 aromatic heterocycles. The van der Waals surface area contributed by atoms with E-state index in [4.69, 9.17) is 10.5 Å². The van der Waals surface area contributed by atoms with E-state index >= 15 is 0 Å². The van der Waals surface area contributed by atoms with Crippen LogP contribution in [-0.4, -0.2) is 12.1 Å². The molecule has 0 aliphatic rings. The SMILES string of the molecule is COc1c(C)cnc(CC(N)c2c(F)cccc2Br)c1C. The minimum absolute atomic E-state index is 0.311. The van der Waals surface area contributed by atoms with Gasteiger partial charge >= 0.3 is 0 Å². The first kappa shape index (κ1) is 15.9. The molecule has 2 N–H and O–H groups in total. The predicted molar refractivity (Wildman–Crippen MR) is 85.0 cm³/mol. The molecule has 0 fully saturated rings. The van der Waals surface area contributed by atoms with E-state index in [1.54, 1.807) is 25.4 Å². The summed E-state index contributed by atoms with van der Waals surface area (Å²) >= 11 is 3.35. The third kappa shape index (κ3) is 3.24.